The highest BCUT2D eigenvalue weighted by Gasteiger charge is 2.14. The SMILES string of the molecule is Cc1ccc(-n2c(SCC(=O)N/N=C/c3ccc(Cl)cc3)nc3ccccc3c2=O)cc1. The molecule has 0 bridgehead atoms. The van der Waals surface area contributed by atoms with Gasteiger partial charge in [0.05, 0.1) is 28.6 Å². The number of para-hydroxylation sites is 1. The molecule has 0 aliphatic heterocycles. The van der Waals surface area contributed by atoms with Crippen molar-refractivity contribution in [2.75, 3.05) is 5.75 Å². The summed E-state index contributed by atoms with van der Waals surface area (Å²) in [5.41, 5.74) is 5.50. The van der Waals surface area contributed by atoms with Crippen molar-refractivity contribution in [3.05, 3.63) is 99.3 Å². The highest BCUT2D eigenvalue weighted by Crippen LogP contribution is 2.21. The fourth-order valence-electron chi connectivity index (χ4n) is 3.02. The van der Waals surface area contributed by atoms with Crippen molar-refractivity contribution in [2.24, 2.45) is 5.10 Å². The van der Waals surface area contributed by atoms with E-state index < -0.39 is 0 Å². The van der Waals surface area contributed by atoms with Gasteiger partial charge in [-0.15, -0.1) is 0 Å². The van der Waals surface area contributed by atoms with Gasteiger partial charge in [-0.2, -0.15) is 5.10 Å². The highest BCUT2D eigenvalue weighted by molar-refractivity contribution is 7.99. The number of hydrazone groups is 1. The average molecular weight is 463 g/mol. The van der Waals surface area contributed by atoms with E-state index in [9.17, 15) is 9.59 Å². The fraction of sp³-hybridized carbons (Fsp3) is 0.0833. The van der Waals surface area contributed by atoms with Crippen molar-refractivity contribution in [1.82, 2.24) is 15.0 Å². The van der Waals surface area contributed by atoms with Crippen LogP contribution in [0.5, 0.6) is 0 Å². The van der Waals surface area contributed by atoms with E-state index in [2.05, 4.69) is 15.5 Å². The van der Waals surface area contributed by atoms with Gasteiger partial charge in [-0.1, -0.05) is 65.3 Å². The molecule has 1 N–H and O–H groups in total. The molecule has 0 aliphatic carbocycles. The molecule has 0 atom stereocenters. The highest BCUT2D eigenvalue weighted by atomic mass is 35.5. The first-order chi connectivity index (χ1) is 15.5. The second kappa shape index (κ2) is 9.80. The van der Waals surface area contributed by atoms with Gasteiger partial charge in [0.25, 0.3) is 11.5 Å². The van der Waals surface area contributed by atoms with E-state index in [1.54, 1.807) is 36.4 Å². The van der Waals surface area contributed by atoms with E-state index in [0.717, 1.165) is 11.1 Å². The molecule has 0 saturated heterocycles. The monoisotopic (exact) mass is 462 g/mol. The molecule has 0 saturated carbocycles. The van der Waals surface area contributed by atoms with Gasteiger partial charge in [0, 0.05) is 5.02 Å². The zero-order valence-corrected chi connectivity index (χ0v) is 18.7. The van der Waals surface area contributed by atoms with Crippen molar-refractivity contribution < 1.29 is 4.79 Å². The molecule has 6 nitrogen and oxygen atoms in total. The van der Waals surface area contributed by atoms with Gasteiger partial charge < -0.3 is 0 Å². The van der Waals surface area contributed by atoms with E-state index in [1.807, 2.05) is 43.3 Å². The lowest BCUT2D eigenvalue weighted by atomic mass is 10.2. The van der Waals surface area contributed by atoms with Crippen LogP contribution in [0.1, 0.15) is 11.1 Å². The van der Waals surface area contributed by atoms with Crippen molar-refractivity contribution in [1.29, 1.82) is 0 Å². The van der Waals surface area contributed by atoms with Crippen molar-refractivity contribution in [3.8, 4) is 5.69 Å². The number of halogens is 1. The summed E-state index contributed by atoms with van der Waals surface area (Å²) in [5, 5.41) is 5.56. The summed E-state index contributed by atoms with van der Waals surface area (Å²) in [6.45, 7) is 1.98. The largest absolute Gasteiger partial charge is 0.272 e. The molecule has 0 unspecified atom stereocenters. The maximum absolute atomic E-state index is 13.2. The summed E-state index contributed by atoms with van der Waals surface area (Å²) in [4.78, 5) is 30.2. The summed E-state index contributed by atoms with van der Waals surface area (Å²) < 4.78 is 1.54. The number of hydrogen-bond acceptors (Lipinski definition) is 5. The van der Waals surface area contributed by atoms with Crippen molar-refractivity contribution in [2.45, 2.75) is 12.1 Å². The van der Waals surface area contributed by atoms with Crippen LogP contribution in [-0.2, 0) is 4.79 Å². The number of hydrogen-bond donors (Lipinski definition) is 1. The number of carbonyl (C=O) groups excluding carboxylic acids is 1. The zero-order chi connectivity index (χ0) is 22.5. The number of amides is 1. The molecule has 0 fully saturated rings. The number of nitrogens with one attached hydrogen (secondary N) is 1. The van der Waals surface area contributed by atoms with Crippen LogP contribution in [0.3, 0.4) is 0 Å². The Bertz CT molecular complexity index is 1350. The lowest BCUT2D eigenvalue weighted by Gasteiger charge is -2.13. The van der Waals surface area contributed by atoms with Crippen LogP contribution >= 0.6 is 23.4 Å². The van der Waals surface area contributed by atoms with Crippen LogP contribution in [0.15, 0.2) is 87.8 Å². The molecular formula is C24H19ClN4O2S. The topological polar surface area (TPSA) is 76.3 Å². The second-order valence-corrected chi connectivity index (χ2v) is 8.40. The number of benzene rings is 3. The Morgan fingerprint density at radius 3 is 2.56 bits per heavy atom. The van der Waals surface area contributed by atoms with Crippen LogP contribution < -0.4 is 11.0 Å². The minimum absolute atomic E-state index is 0.0502. The van der Waals surface area contributed by atoms with Gasteiger partial charge in [0.2, 0.25) is 0 Å². The van der Waals surface area contributed by atoms with Crippen molar-refractivity contribution in [3.63, 3.8) is 0 Å². The van der Waals surface area contributed by atoms with Gasteiger partial charge in [0.15, 0.2) is 5.16 Å². The number of thioether (sulfide) groups is 1. The molecule has 160 valence electrons. The summed E-state index contributed by atoms with van der Waals surface area (Å²) in [6, 6.07) is 21.9. The third-order valence-electron chi connectivity index (χ3n) is 4.64. The lowest BCUT2D eigenvalue weighted by molar-refractivity contribution is -0.118. The number of nitrogens with zero attached hydrogens (tertiary/aromatic N) is 3. The summed E-state index contributed by atoms with van der Waals surface area (Å²) in [6.07, 6.45) is 1.54. The third-order valence-corrected chi connectivity index (χ3v) is 5.83. The van der Waals surface area contributed by atoms with Crippen LogP contribution in [0, 0.1) is 6.92 Å². The molecular weight excluding hydrogens is 444 g/mol. The molecule has 0 aliphatic rings. The lowest BCUT2D eigenvalue weighted by Crippen LogP contribution is -2.24. The quantitative estimate of drug-likeness (QED) is 0.197. The van der Waals surface area contributed by atoms with Gasteiger partial charge in [-0.3, -0.25) is 14.2 Å². The van der Waals surface area contributed by atoms with Crippen LogP contribution in [-0.4, -0.2) is 27.4 Å². The number of aryl methyl sites for hydroxylation is 1. The van der Waals surface area contributed by atoms with Gasteiger partial charge >= 0.3 is 0 Å². The first-order valence-corrected chi connectivity index (χ1v) is 11.2. The minimum Gasteiger partial charge on any atom is -0.272 e. The number of fused-ring (bicyclic) bond motifs is 1. The van der Waals surface area contributed by atoms with Gasteiger partial charge in [-0.05, 0) is 48.9 Å². The first-order valence-electron chi connectivity index (χ1n) is 9.80. The molecule has 0 spiro atoms. The zero-order valence-electron chi connectivity index (χ0n) is 17.2. The molecule has 3 aromatic carbocycles. The minimum atomic E-state index is -0.307. The van der Waals surface area contributed by atoms with Gasteiger partial charge in [-0.25, -0.2) is 10.4 Å². The Morgan fingerprint density at radius 1 is 1.09 bits per heavy atom. The molecule has 4 aromatic rings. The summed E-state index contributed by atoms with van der Waals surface area (Å²) >= 11 is 7.04. The second-order valence-electron chi connectivity index (χ2n) is 7.02. The van der Waals surface area contributed by atoms with E-state index in [4.69, 9.17) is 11.6 Å². The number of rotatable bonds is 6. The Hall–Kier alpha value is -3.42. The standard InChI is InChI=1S/C24H19ClN4O2S/c1-16-6-12-19(13-7-16)29-23(31)20-4-2-3-5-21(20)27-24(29)32-15-22(30)28-26-14-17-8-10-18(25)11-9-17/h2-14H,15H2,1H3,(H,28,30)/b26-14+. The van der Waals surface area contributed by atoms with Crippen LogP contribution in [0.25, 0.3) is 16.6 Å². The Kier molecular flexibility index (Phi) is 6.68. The average Bonchev–Trinajstić information content (AvgIpc) is 2.80. The molecule has 32 heavy (non-hydrogen) atoms. The van der Waals surface area contributed by atoms with Gasteiger partial charge in [0.1, 0.15) is 0 Å². The molecule has 0 radical (unpaired) electrons. The molecule has 4 rings (SSSR count). The fourth-order valence-corrected chi connectivity index (χ4v) is 3.95. The molecule has 1 amide bonds. The maximum Gasteiger partial charge on any atom is 0.266 e. The Morgan fingerprint density at radius 2 is 1.81 bits per heavy atom. The smallest absolute Gasteiger partial charge is 0.266 e. The molecule has 1 aromatic heterocycles. The predicted octanol–water partition coefficient (Wildman–Crippen LogP) is 4.59. The normalized spacial score (nSPS) is 11.2. The third kappa shape index (κ3) is 5.07. The predicted molar refractivity (Wildman–Crippen MR) is 130 cm³/mol. The van der Waals surface area contributed by atoms with Crippen LogP contribution in [0.4, 0.5) is 0 Å². The Labute approximate surface area is 194 Å². The maximum atomic E-state index is 13.2. The number of aromatic nitrogens is 2. The van der Waals surface area contributed by atoms with Crippen molar-refractivity contribution >= 4 is 46.4 Å². The van der Waals surface area contributed by atoms with E-state index >= 15 is 0 Å². The first kappa shape index (κ1) is 21.8. The summed E-state index contributed by atoms with van der Waals surface area (Å²) in [5.74, 6) is -0.257. The Balaban J connectivity index is 1.56. The van der Waals surface area contributed by atoms with E-state index in [0.29, 0.717) is 26.8 Å². The summed E-state index contributed by atoms with van der Waals surface area (Å²) in [7, 11) is 0. The molecule has 1 heterocycles. The van der Waals surface area contributed by atoms with E-state index in [1.165, 1.54) is 22.5 Å². The number of carbonyl (C=O) groups is 1. The van der Waals surface area contributed by atoms with E-state index in [-0.39, 0.29) is 17.2 Å². The van der Waals surface area contributed by atoms with Crippen LogP contribution in [0.2, 0.25) is 5.02 Å². The molecule has 8 heteroatoms.